The highest BCUT2D eigenvalue weighted by atomic mass is 16.5. The predicted molar refractivity (Wildman–Crippen MR) is 61.1 cm³/mol. The van der Waals surface area contributed by atoms with Crippen molar-refractivity contribution in [1.82, 2.24) is 0 Å². The van der Waals surface area contributed by atoms with Crippen molar-refractivity contribution in [3.05, 3.63) is 12.2 Å². The summed E-state index contributed by atoms with van der Waals surface area (Å²) >= 11 is 0. The second-order valence-electron chi connectivity index (χ2n) is 4.69. The number of allylic oxidation sites excluding steroid dienone is 2. The average molecular weight is 238 g/mol. The summed E-state index contributed by atoms with van der Waals surface area (Å²) in [6.07, 6.45) is 7.77. The number of rotatable bonds is 2. The van der Waals surface area contributed by atoms with Crippen LogP contribution in [0.5, 0.6) is 0 Å². The standard InChI is InChI=1S/C13H18O4/c1-16-11(14)13(12(15)17-2)9-7-5-3-4-6-8-10(9)13/h3-4,9-10H,5-8H2,1-2H3/b4-3-. The van der Waals surface area contributed by atoms with Crippen molar-refractivity contribution in [2.75, 3.05) is 14.2 Å². The zero-order valence-corrected chi connectivity index (χ0v) is 10.3. The summed E-state index contributed by atoms with van der Waals surface area (Å²) in [5, 5.41) is 0. The second kappa shape index (κ2) is 4.51. The first-order valence-corrected chi connectivity index (χ1v) is 6.01. The van der Waals surface area contributed by atoms with E-state index in [1.165, 1.54) is 14.2 Å². The van der Waals surface area contributed by atoms with Crippen LogP contribution in [0.4, 0.5) is 0 Å². The lowest BCUT2D eigenvalue weighted by Crippen LogP contribution is -2.32. The number of fused-ring (bicyclic) bond motifs is 1. The van der Waals surface area contributed by atoms with E-state index in [1.807, 2.05) is 0 Å². The number of ether oxygens (including phenoxy) is 2. The molecule has 0 aromatic carbocycles. The SMILES string of the molecule is COC(=O)C1(C(=O)OC)C2CC/C=C\CCC21. The summed E-state index contributed by atoms with van der Waals surface area (Å²) in [5.74, 6) is -0.679. The van der Waals surface area contributed by atoms with E-state index in [0.717, 1.165) is 25.7 Å². The van der Waals surface area contributed by atoms with E-state index < -0.39 is 17.4 Å². The molecule has 0 amide bonds. The summed E-state index contributed by atoms with van der Waals surface area (Å²) in [6.45, 7) is 0. The molecule has 2 rings (SSSR count). The highest BCUT2D eigenvalue weighted by Gasteiger charge is 2.74. The minimum absolute atomic E-state index is 0.0901. The maximum atomic E-state index is 11.9. The third-order valence-corrected chi connectivity index (χ3v) is 4.05. The van der Waals surface area contributed by atoms with Crippen molar-refractivity contribution in [2.24, 2.45) is 17.3 Å². The molecule has 4 heteroatoms. The smallest absolute Gasteiger partial charge is 0.323 e. The van der Waals surface area contributed by atoms with Gasteiger partial charge < -0.3 is 9.47 Å². The maximum absolute atomic E-state index is 11.9. The molecule has 0 aromatic heterocycles. The second-order valence-corrected chi connectivity index (χ2v) is 4.69. The number of carbonyl (C=O) groups is 2. The Labute approximate surface area is 101 Å². The molecule has 0 heterocycles. The van der Waals surface area contributed by atoms with E-state index in [1.54, 1.807) is 0 Å². The molecule has 2 aliphatic carbocycles. The topological polar surface area (TPSA) is 52.6 Å². The van der Waals surface area contributed by atoms with E-state index in [4.69, 9.17) is 9.47 Å². The molecular weight excluding hydrogens is 220 g/mol. The number of methoxy groups -OCH3 is 2. The van der Waals surface area contributed by atoms with Crippen LogP contribution in [0.3, 0.4) is 0 Å². The Morgan fingerprint density at radius 1 is 1.00 bits per heavy atom. The normalized spacial score (nSPS) is 31.4. The molecule has 2 atom stereocenters. The third-order valence-electron chi connectivity index (χ3n) is 4.05. The number of hydrogen-bond acceptors (Lipinski definition) is 4. The number of hydrogen-bond donors (Lipinski definition) is 0. The van der Waals surface area contributed by atoms with Gasteiger partial charge in [-0.2, -0.15) is 0 Å². The summed E-state index contributed by atoms with van der Waals surface area (Å²) in [6, 6.07) is 0. The van der Waals surface area contributed by atoms with Gasteiger partial charge in [0.1, 0.15) is 0 Å². The Morgan fingerprint density at radius 2 is 1.41 bits per heavy atom. The third kappa shape index (κ3) is 1.66. The van der Waals surface area contributed by atoms with Crippen LogP contribution in [0.15, 0.2) is 12.2 Å². The molecule has 1 saturated carbocycles. The molecule has 0 saturated heterocycles. The number of carbonyl (C=O) groups excluding carboxylic acids is 2. The van der Waals surface area contributed by atoms with Gasteiger partial charge in [-0.15, -0.1) is 0 Å². The molecule has 0 radical (unpaired) electrons. The van der Waals surface area contributed by atoms with Gasteiger partial charge in [0, 0.05) is 0 Å². The fourth-order valence-corrected chi connectivity index (χ4v) is 3.21. The minimum atomic E-state index is -1.02. The lowest BCUT2D eigenvalue weighted by atomic mass is 10.00. The van der Waals surface area contributed by atoms with Gasteiger partial charge in [-0.1, -0.05) is 12.2 Å². The van der Waals surface area contributed by atoms with E-state index in [0.29, 0.717) is 0 Å². The van der Waals surface area contributed by atoms with Crippen molar-refractivity contribution in [3.8, 4) is 0 Å². The predicted octanol–water partition coefficient (Wildman–Crippen LogP) is 1.69. The molecule has 0 aliphatic heterocycles. The van der Waals surface area contributed by atoms with Crippen LogP contribution in [-0.2, 0) is 19.1 Å². The van der Waals surface area contributed by atoms with Crippen LogP contribution < -0.4 is 0 Å². The first-order valence-electron chi connectivity index (χ1n) is 6.01. The van der Waals surface area contributed by atoms with Crippen LogP contribution >= 0.6 is 0 Å². The van der Waals surface area contributed by atoms with E-state index in [-0.39, 0.29) is 11.8 Å². The van der Waals surface area contributed by atoms with Crippen molar-refractivity contribution in [1.29, 1.82) is 0 Å². The van der Waals surface area contributed by atoms with Crippen LogP contribution in [-0.4, -0.2) is 26.2 Å². The van der Waals surface area contributed by atoms with Gasteiger partial charge in [0.2, 0.25) is 0 Å². The summed E-state index contributed by atoms with van der Waals surface area (Å²) < 4.78 is 9.63. The monoisotopic (exact) mass is 238 g/mol. The molecule has 17 heavy (non-hydrogen) atoms. The zero-order valence-electron chi connectivity index (χ0n) is 10.3. The van der Waals surface area contributed by atoms with Crippen molar-refractivity contribution < 1.29 is 19.1 Å². The van der Waals surface area contributed by atoms with Crippen molar-refractivity contribution in [2.45, 2.75) is 25.7 Å². The molecule has 0 spiro atoms. The minimum Gasteiger partial charge on any atom is -0.468 e. The fourth-order valence-electron chi connectivity index (χ4n) is 3.21. The van der Waals surface area contributed by atoms with Gasteiger partial charge >= 0.3 is 11.9 Å². The molecular formula is C13H18O4. The molecule has 1 fully saturated rings. The van der Waals surface area contributed by atoms with Gasteiger partial charge in [0.15, 0.2) is 5.41 Å². The Balaban J connectivity index is 2.26. The highest BCUT2D eigenvalue weighted by Crippen LogP contribution is 2.64. The molecule has 2 aliphatic rings. The number of esters is 2. The van der Waals surface area contributed by atoms with Gasteiger partial charge in [-0.25, -0.2) is 0 Å². The quantitative estimate of drug-likeness (QED) is 0.417. The van der Waals surface area contributed by atoms with Crippen molar-refractivity contribution >= 4 is 11.9 Å². The van der Waals surface area contributed by atoms with Gasteiger partial charge in [-0.3, -0.25) is 9.59 Å². The van der Waals surface area contributed by atoms with Crippen LogP contribution in [0.25, 0.3) is 0 Å². The maximum Gasteiger partial charge on any atom is 0.323 e. The lowest BCUT2D eigenvalue weighted by Gasteiger charge is -2.12. The Hall–Kier alpha value is -1.32. The van der Waals surface area contributed by atoms with Gasteiger partial charge in [0.05, 0.1) is 14.2 Å². The van der Waals surface area contributed by atoms with Crippen LogP contribution in [0.1, 0.15) is 25.7 Å². The first kappa shape index (κ1) is 12.1. The summed E-state index contributed by atoms with van der Waals surface area (Å²) in [7, 11) is 2.66. The van der Waals surface area contributed by atoms with E-state index in [9.17, 15) is 9.59 Å². The fraction of sp³-hybridized carbons (Fsp3) is 0.692. The van der Waals surface area contributed by atoms with E-state index >= 15 is 0 Å². The van der Waals surface area contributed by atoms with Crippen molar-refractivity contribution in [3.63, 3.8) is 0 Å². The van der Waals surface area contributed by atoms with E-state index in [2.05, 4.69) is 12.2 Å². The Kier molecular flexibility index (Phi) is 3.22. The Bertz CT molecular complexity index is 324. The Morgan fingerprint density at radius 3 is 1.76 bits per heavy atom. The summed E-state index contributed by atoms with van der Waals surface area (Å²) in [4.78, 5) is 23.9. The highest BCUT2D eigenvalue weighted by molar-refractivity contribution is 6.04. The zero-order chi connectivity index (χ0) is 12.5. The van der Waals surface area contributed by atoms with Gasteiger partial charge in [-0.05, 0) is 37.5 Å². The molecule has 0 N–H and O–H groups in total. The van der Waals surface area contributed by atoms with Crippen LogP contribution in [0, 0.1) is 17.3 Å². The first-order chi connectivity index (χ1) is 8.19. The molecule has 0 aromatic rings. The van der Waals surface area contributed by atoms with Crippen LogP contribution in [0.2, 0.25) is 0 Å². The molecule has 4 nitrogen and oxygen atoms in total. The molecule has 0 bridgehead atoms. The van der Waals surface area contributed by atoms with Gasteiger partial charge in [0.25, 0.3) is 0 Å². The lowest BCUT2D eigenvalue weighted by molar-refractivity contribution is -0.163. The average Bonchev–Trinajstić information content (AvgIpc) is 2.94. The molecule has 94 valence electrons. The molecule has 2 unspecified atom stereocenters. The largest absolute Gasteiger partial charge is 0.468 e. The summed E-state index contributed by atoms with van der Waals surface area (Å²) in [5.41, 5.74) is -1.02.